The highest BCUT2D eigenvalue weighted by Gasteiger charge is 2.24. The molecule has 0 radical (unpaired) electrons. The van der Waals surface area contributed by atoms with Gasteiger partial charge in [-0.25, -0.2) is 9.67 Å². The van der Waals surface area contributed by atoms with Crippen molar-refractivity contribution in [1.29, 1.82) is 0 Å². The summed E-state index contributed by atoms with van der Waals surface area (Å²) in [5, 5.41) is 4.70. The Bertz CT molecular complexity index is 1260. The molecular formula is C22H24N8O3. The van der Waals surface area contributed by atoms with E-state index in [0.29, 0.717) is 39.0 Å². The van der Waals surface area contributed by atoms with Gasteiger partial charge >= 0.3 is 0 Å². The van der Waals surface area contributed by atoms with Crippen LogP contribution in [-0.4, -0.2) is 80.4 Å². The molecule has 6 rings (SSSR count). The molecule has 33 heavy (non-hydrogen) atoms. The van der Waals surface area contributed by atoms with Crippen LogP contribution in [0.3, 0.4) is 0 Å². The number of hydrogen-bond acceptors (Lipinski definition) is 9. The molecule has 170 valence electrons. The standard InChI is InChI=1S/C22H24N8O3/c1-28-19(15-2-5-23-6-3-15)24-18-20(28)25-22(26-21(18)29-8-10-31-11-9-29)30-7-4-16(27-30)17-14-32-12-13-33-17/h2-7,17H,8-14H2,1H3. The Hall–Kier alpha value is -3.41. The van der Waals surface area contributed by atoms with E-state index in [1.807, 2.05) is 36.0 Å². The zero-order valence-electron chi connectivity index (χ0n) is 18.3. The van der Waals surface area contributed by atoms with Crippen LogP contribution < -0.4 is 4.90 Å². The molecule has 2 aliphatic rings. The number of anilines is 1. The third-order valence-corrected chi connectivity index (χ3v) is 5.90. The van der Waals surface area contributed by atoms with Crippen molar-refractivity contribution in [1.82, 2.24) is 34.3 Å². The number of hydrogen-bond donors (Lipinski definition) is 0. The minimum absolute atomic E-state index is 0.183. The number of morpholine rings is 1. The van der Waals surface area contributed by atoms with Crippen molar-refractivity contribution >= 4 is 17.0 Å². The van der Waals surface area contributed by atoms with Crippen LogP contribution in [0.4, 0.5) is 5.82 Å². The Morgan fingerprint density at radius 1 is 0.939 bits per heavy atom. The van der Waals surface area contributed by atoms with Crippen molar-refractivity contribution in [2.45, 2.75) is 6.10 Å². The maximum atomic E-state index is 5.79. The van der Waals surface area contributed by atoms with Crippen molar-refractivity contribution in [2.24, 2.45) is 7.05 Å². The van der Waals surface area contributed by atoms with Gasteiger partial charge in [0.1, 0.15) is 11.9 Å². The lowest BCUT2D eigenvalue weighted by Crippen LogP contribution is -2.37. The van der Waals surface area contributed by atoms with Crippen LogP contribution in [0.15, 0.2) is 36.8 Å². The van der Waals surface area contributed by atoms with Crippen LogP contribution in [0.25, 0.3) is 28.5 Å². The van der Waals surface area contributed by atoms with Crippen molar-refractivity contribution in [3.63, 3.8) is 0 Å². The average molecular weight is 448 g/mol. The highest BCUT2D eigenvalue weighted by molar-refractivity contribution is 5.87. The fraction of sp³-hybridized carbons (Fsp3) is 0.409. The fourth-order valence-corrected chi connectivity index (χ4v) is 4.17. The predicted molar refractivity (Wildman–Crippen MR) is 119 cm³/mol. The van der Waals surface area contributed by atoms with E-state index in [2.05, 4.69) is 9.88 Å². The van der Waals surface area contributed by atoms with E-state index in [0.717, 1.165) is 47.2 Å². The molecule has 1 unspecified atom stereocenters. The summed E-state index contributed by atoms with van der Waals surface area (Å²) >= 11 is 0. The number of pyridine rings is 1. The lowest BCUT2D eigenvalue weighted by Gasteiger charge is -2.28. The minimum Gasteiger partial charge on any atom is -0.378 e. The second-order valence-electron chi connectivity index (χ2n) is 7.97. The van der Waals surface area contributed by atoms with Crippen molar-refractivity contribution in [3.8, 4) is 17.3 Å². The van der Waals surface area contributed by atoms with Crippen LogP contribution in [-0.2, 0) is 21.3 Å². The number of aryl methyl sites for hydroxylation is 1. The first kappa shape index (κ1) is 20.2. The molecule has 0 saturated carbocycles. The lowest BCUT2D eigenvalue weighted by molar-refractivity contribution is -0.0918. The van der Waals surface area contributed by atoms with Crippen LogP contribution in [0.2, 0.25) is 0 Å². The second-order valence-corrected chi connectivity index (χ2v) is 7.97. The monoisotopic (exact) mass is 448 g/mol. The minimum atomic E-state index is -0.183. The maximum Gasteiger partial charge on any atom is 0.254 e. The van der Waals surface area contributed by atoms with Gasteiger partial charge in [0.25, 0.3) is 5.95 Å². The largest absolute Gasteiger partial charge is 0.378 e. The van der Waals surface area contributed by atoms with E-state index >= 15 is 0 Å². The predicted octanol–water partition coefficient (Wildman–Crippen LogP) is 1.54. The molecule has 1 atom stereocenters. The second kappa shape index (κ2) is 8.50. The summed E-state index contributed by atoms with van der Waals surface area (Å²) in [7, 11) is 1.96. The van der Waals surface area contributed by atoms with Gasteiger partial charge in [-0.3, -0.25) is 4.98 Å². The van der Waals surface area contributed by atoms with Crippen molar-refractivity contribution in [2.75, 3.05) is 51.0 Å². The summed E-state index contributed by atoms with van der Waals surface area (Å²) in [5.41, 5.74) is 3.26. The molecule has 2 fully saturated rings. The SMILES string of the molecule is Cn1c(-c2ccncc2)nc2c(N3CCOCC3)nc(-n3ccc(C4COCCO4)n3)nc21. The lowest BCUT2D eigenvalue weighted by atomic mass is 10.2. The first-order valence-corrected chi connectivity index (χ1v) is 11.0. The van der Waals surface area contributed by atoms with E-state index in [9.17, 15) is 0 Å². The average Bonchev–Trinajstić information content (AvgIpc) is 3.51. The van der Waals surface area contributed by atoms with E-state index < -0.39 is 0 Å². The first-order valence-electron chi connectivity index (χ1n) is 11.0. The quantitative estimate of drug-likeness (QED) is 0.460. The van der Waals surface area contributed by atoms with Crippen molar-refractivity contribution in [3.05, 3.63) is 42.5 Å². The van der Waals surface area contributed by atoms with Crippen LogP contribution in [0.1, 0.15) is 11.8 Å². The third-order valence-electron chi connectivity index (χ3n) is 5.90. The van der Waals surface area contributed by atoms with Gasteiger partial charge < -0.3 is 23.7 Å². The van der Waals surface area contributed by atoms with Crippen LogP contribution in [0, 0.1) is 0 Å². The Morgan fingerprint density at radius 2 is 1.79 bits per heavy atom. The van der Waals surface area contributed by atoms with Gasteiger partial charge in [-0.05, 0) is 18.2 Å². The van der Waals surface area contributed by atoms with Gasteiger partial charge in [-0.15, -0.1) is 0 Å². The molecule has 11 heteroatoms. The van der Waals surface area contributed by atoms with Crippen LogP contribution in [0.5, 0.6) is 0 Å². The fourth-order valence-electron chi connectivity index (χ4n) is 4.17. The summed E-state index contributed by atoms with van der Waals surface area (Å²) < 4.78 is 20.6. The molecular weight excluding hydrogens is 424 g/mol. The summed E-state index contributed by atoms with van der Waals surface area (Å²) in [6, 6.07) is 5.80. The van der Waals surface area contributed by atoms with Gasteiger partial charge in [0.05, 0.1) is 38.7 Å². The molecule has 2 saturated heterocycles. The van der Waals surface area contributed by atoms with Gasteiger partial charge in [-0.2, -0.15) is 15.1 Å². The Kier molecular flexibility index (Phi) is 5.21. The molecule has 0 aromatic carbocycles. The maximum absolute atomic E-state index is 5.79. The number of nitrogens with zero attached hydrogens (tertiary/aromatic N) is 8. The highest BCUT2D eigenvalue weighted by Crippen LogP contribution is 2.29. The zero-order valence-corrected chi connectivity index (χ0v) is 18.3. The summed E-state index contributed by atoms with van der Waals surface area (Å²) in [4.78, 5) is 21.0. The van der Waals surface area contributed by atoms with Crippen LogP contribution >= 0.6 is 0 Å². The molecule has 0 N–H and O–H groups in total. The van der Waals surface area contributed by atoms with E-state index in [4.69, 9.17) is 34.3 Å². The molecule has 6 heterocycles. The molecule has 0 amide bonds. The van der Waals surface area contributed by atoms with Gasteiger partial charge in [0, 0.05) is 44.3 Å². The van der Waals surface area contributed by atoms with Gasteiger partial charge in [-0.1, -0.05) is 0 Å². The zero-order chi connectivity index (χ0) is 22.2. The molecule has 4 aromatic heterocycles. The molecule has 11 nitrogen and oxygen atoms in total. The molecule has 0 bridgehead atoms. The smallest absolute Gasteiger partial charge is 0.254 e. The number of ether oxygens (including phenoxy) is 3. The number of imidazole rings is 1. The summed E-state index contributed by atoms with van der Waals surface area (Å²) in [5.74, 6) is 2.07. The summed E-state index contributed by atoms with van der Waals surface area (Å²) in [6.07, 6.45) is 5.20. The molecule has 0 spiro atoms. The highest BCUT2D eigenvalue weighted by atomic mass is 16.6. The third kappa shape index (κ3) is 3.73. The van der Waals surface area contributed by atoms with Crippen molar-refractivity contribution < 1.29 is 14.2 Å². The Labute approximate surface area is 190 Å². The van der Waals surface area contributed by atoms with Gasteiger partial charge in [0.15, 0.2) is 17.0 Å². The molecule has 2 aliphatic heterocycles. The van der Waals surface area contributed by atoms with Gasteiger partial charge in [0.2, 0.25) is 0 Å². The number of rotatable bonds is 4. The summed E-state index contributed by atoms with van der Waals surface area (Å²) in [6.45, 7) is 4.45. The normalized spacial score (nSPS) is 19.3. The van der Waals surface area contributed by atoms with E-state index in [1.165, 1.54) is 0 Å². The Morgan fingerprint density at radius 3 is 2.58 bits per heavy atom. The first-order chi connectivity index (χ1) is 16.3. The molecule has 0 aliphatic carbocycles. The number of aromatic nitrogens is 7. The topological polar surface area (TPSA) is 105 Å². The van der Waals surface area contributed by atoms with E-state index in [1.54, 1.807) is 17.1 Å². The Balaban J connectivity index is 1.47. The molecule has 4 aromatic rings. The number of fused-ring (bicyclic) bond motifs is 1. The van der Waals surface area contributed by atoms with E-state index in [-0.39, 0.29) is 6.10 Å².